The average Bonchev–Trinajstić information content (AvgIpc) is 2.49. The lowest BCUT2D eigenvalue weighted by Crippen LogP contribution is -1.93. The first-order valence-corrected chi connectivity index (χ1v) is 3.81. The zero-order chi connectivity index (χ0) is 8.55. The third-order valence-electron chi connectivity index (χ3n) is 1.79. The van der Waals surface area contributed by atoms with Crippen LogP contribution in [0.25, 0.3) is 11.2 Å². The molecule has 12 heavy (non-hydrogen) atoms. The SMILES string of the molecule is CC(C)c1cnnc2nn[nH]c12. The summed E-state index contributed by atoms with van der Waals surface area (Å²) in [5, 5.41) is 17.9. The van der Waals surface area contributed by atoms with Crippen LogP contribution in [0.15, 0.2) is 6.20 Å². The molecule has 0 radical (unpaired) electrons. The molecule has 2 aromatic rings. The van der Waals surface area contributed by atoms with E-state index in [0.717, 1.165) is 11.1 Å². The van der Waals surface area contributed by atoms with E-state index < -0.39 is 0 Å². The average molecular weight is 163 g/mol. The Hall–Kier alpha value is -1.52. The van der Waals surface area contributed by atoms with Gasteiger partial charge in [0.25, 0.3) is 0 Å². The molecule has 0 aromatic carbocycles. The Labute approximate surface area is 69.2 Å². The molecule has 5 heteroatoms. The number of hydrogen-bond donors (Lipinski definition) is 1. The van der Waals surface area contributed by atoms with E-state index in [-0.39, 0.29) is 0 Å². The summed E-state index contributed by atoms with van der Waals surface area (Å²) in [6.07, 6.45) is 1.74. The van der Waals surface area contributed by atoms with Gasteiger partial charge in [0, 0.05) is 5.56 Å². The predicted molar refractivity (Wildman–Crippen MR) is 43.6 cm³/mol. The lowest BCUT2D eigenvalue weighted by atomic mass is 10.1. The summed E-state index contributed by atoms with van der Waals surface area (Å²) in [5.41, 5.74) is 2.58. The summed E-state index contributed by atoms with van der Waals surface area (Å²) >= 11 is 0. The van der Waals surface area contributed by atoms with Crippen molar-refractivity contribution in [2.24, 2.45) is 0 Å². The van der Waals surface area contributed by atoms with Crippen molar-refractivity contribution in [3.8, 4) is 0 Å². The Bertz CT molecular complexity index is 391. The minimum absolute atomic E-state index is 0.408. The molecule has 0 aliphatic rings. The summed E-state index contributed by atoms with van der Waals surface area (Å²) in [4.78, 5) is 0. The molecule has 0 fully saturated rings. The van der Waals surface area contributed by atoms with E-state index in [0.29, 0.717) is 11.6 Å². The molecule has 5 nitrogen and oxygen atoms in total. The number of hydrogen-bond acceptors (Lipinski definition) is 4. The van der Waals surface area contributed by atoms with Crippen molar-refractivity contribution in [1.82, 2.24) is 25.6 Å². The molecule has 0 saturated heterocycles. The van der Waals surface area contributed by atoms with E-state index in [2.05, 4.69) is 39.5 Å². The zero-order valence-electron chi connectivity index (χ0n) is 6.94. The van der Waals surface area contributed by atoms with Gasteiger partial charge in [-0.05, 0) is 5.92 Å². The molecule has 0 aliphatic carbocycles. The van der Waals surface area contributed by atoms with E-state index >= 15 is 0 Å². The normalized spacial score (nSPS) is 11.2. The first-order valence-electron chi connectivity index (χ1n) is 3.81. The fraction of sp³-hybridized carbons (Fsp3) is 0.429. The van der Waals surface area contributed by atoms with Crippen molar-refractivity contribution in [1.29, 1.82) is 0 Å². The summed E-state index contributed by atoms with van der Waals surface area (Å²) in [6, 6.07) is 0. The number of H-pyrrole nitrogens is 1. The number of aromatic nitrogens is 5. The van der Waals surface area contributed by atoms with E-state index in [1.165, 1.54) is 0 Å². The van der Waals surface area contributed by atoms with Crippen molar-refractivity contribution >= 4 is 11.2 Å². The van der Waals surface area contributed by atoms with Crippen LogP contribution in [0.2, 0.25) is 0 Å². The van der Waals surface area contributed by atoms with Gasteiger partial charge in [0.1, 0.15) is 5.52 Å². The Morgan fingerprint density at radius 1 is 1.33 bits per heavy atom. The van der Waals surface area contributed by atoms with Crippen LogP contribution in [0.1, 0.15) is 25.3 Å². The van der Waals surface area contributed by atoms with Crippen molar-refractivity contribution in [3.63, 3.8) is 0 Å². The fourth-order valence-corrected chi connectivity index (χ4v) is 1.13. The van der Waals surface area contributed by atoms with Crippen LogP contribution in [0.4, 0.5) is 0 Å². The lowest BCUT2D eigenvalue weighted by Gasteiger charge is -2.02. The zero-order valence-corrected chi connectivity index (χ0v) is 6.94. The molecule has 0 amide bonds. The Morgan fingerprint density at radius 3 is 2.92 bits per heavy atom. The minimum atomic E-state index is 0.408. The maximum atomic E-state index is 3.83. The van der Waals surface area contributed by atoms with Gasteiger partial charge in [0.2, 0.25) is 5.65 Å². The molecule has 2 aromatic heterocycles. The number of rotatable bonds is 1. The smallest absolute Gasteiger partial charge is 0.223 e. The number of nitrogens with one attached hydrogen (secondary N) is 1. The second-order valence-corrected chi connectivity index (χ2v) is 2.97. The van der Waals surface area contributed by atoms with Crippen LogP contribution in [-0.2, 0) is 0 Å². The Morgan fingerprint density at radius 2 is 2.17 bits per heavy atom. The molecule has 2 rings (SSSR count). The molecule has 1 N–H and O–H groups in total. The van der Waals surface area contributed by atoms with Gasteiger partial charge in [0.15, 0.2) is 0 Å². The first kappa shape index (κ1) is 7.15. The molecule has 0 saturated carbocycles. The third kappa shape index (κ3) is 0.939. The second-order valence-electron chi connectivity index (χ2n) is 2.97. The van der Waals surface area contributed by atoms with Gasteiger partial charge < -0.3 is 0 Å². The highest BCUT2D eigenvalue weighted by atomic mass is 15.4. The Balaban J connectivity index is 2.73. The van der Waals surface area contributed by atoms with Crippen molar-refractivity contribution in [2.45, 2.75) is 19.8 Å². The van der Waals surface area contributed by atoms with Crippen molar-refractivity contribution < 1.29 is 0 Å². The van der Waals surface area contributed by atoms with Gasteiger partial charge >= 0.3 is 0 Å². The maximum Gasteiger partial charge on any atom is 0.223 e. The highest BCUT2D eigenvalue weighted by Gasteiger charge is 2.08. The highest BCUT2D eigenvalue weighted by molar-refractivity contribution is 5.72. The quantitative estimate of drug-likeness (QED) is 0.677. The molecule has 0 aliphatic heterocycles. The summed E-state index contributed by atoms with van der Waals surface area (Å²) in [5.74, 6) is 0.408. The molecule has 0 bridgehead atoms. The molecule has 0 atom stereocenters. The fourth-order valence-electron chi connectivity index (χ4n) is 1.13. The summed E-state index contributed by atoms with van der Waals surface area (Å²) in [6.45, 7) is 4.19. The van der Waals surface area contributed by atoms with Gasteiger partial charge in [-0.1, -0.05) is 19.1 Å². The van der Waals surface area contributed by atoms with Crippen LogP contribution in [0.3, 0.4) is 0 Å². The van der Waals surface area contributed by atoms with E-state index in [9.17, 15) is 0 Å². The molecule has 0 unspecified atom stereocenters. The minimum Gasteiger partial charge on any atom is -0.255 e. The summed E-state index contributed by atoms with van der Waals surface area (Å²) in [7, 11) is 0. The van der Waals surface area contributed by atoms with E-state index in [1.807, 2.05) is 0 Å². The molecular formula is C7H9N5. The third-order valence-corrected chi connectivity index (χ3v) is 1.79. The van der Waals surface area contributed by atoms with Gasteiger partial charge in [-0.15, -0.1) is 10.2 Å². The van der Waals surface area contributed by atoms with Crippen LogP contribution in [0.5, 0.6) is 0 Å². The number of fused-ring (bicyclic) bond motifs is 1. The molecule has 62 valence electrons. The van der Waals surface area contributed by atoms with Crippen molar-refractivity contribution in [2.75, 3.05) is 0 Å². The van der Waals surface area contributed by atoms with Gasteiger partial charge in [-0.2, -0.15) is 5.10 Å². The monoisotopic (exact) mass is 163 g/mol. The standard InChI is InChI=1S/C7H9N5/c1-4(2)5-3-8-10-7-6(5)9-12-11-7/h3-4H,1-2H3,(H,9,10,11,12). The lowest BCUT2D eigenvalue weighted by molar-refractivity contribution is 0.853. The number of aromatic amines is 1. The van der Waals surface area contributed by atoms with Gasteiger partial charge in [0.05, 0.1) is 6.20 Å². The van der Waals surface area contributed by atoms with Gasteiger partial charge in [-0.25, -0.2) is 0 Å². The van der Waals surface area contributed by atoms with Crippen LogP contribution < -0.4 is 0 Å². The highest BCUT2D eigenvalue weighted by Crippen LogP contribution is 2.18. The maximum absolute atomic E-state index is 3.83. The molecule has 0 spiro atoms. The first-order chi connectivity index (χ1) is 5.79. The van der Waals surface area contributed by atoms with Crippen LogP contribution in [-0.4, -0.2) is 25.6 Å². The largest absolute Gasteiger partial charge is 0.255 e. The van der Waals surface area contributed by atoms with Crippen LogP contribution in [0, 0.1) is 0 Å². The second kappa shape index (κ2) is 2.51. The summed E-state index contributed by atoms with van der Waals surface area (Å²) < 4.78 is 0. The van der Waals surface area contributed by atoms with E-state index in [1.54, 1.807) is 6.20 Å². The van der Waals surface area contributed by atoms with E-state index in [4.69, 9.17) is 0 Å². The van der Waals surface area contributed by atoms with Crippen molar-refractivity contribution in [3.05, 3.63) is 11.8 Å². The molecular weight excluding hydrogens is 154 g/mol. The Kier molecular flexibility index (Phi) is 1.49. The predicted octanol–water partition coefficient (Wildman–Crippen LogP) is 0.871. The van der Waals surface area contributed by atoms with Gasteiger partial charge in [-0.3, -0.25) is 5.10 Å². The number of nitrogens with zero attached hydrogens (tertiary/aromatic N) is 4. The molecule has 2 heterocycles. The topological polar surface area (TPSA) is 67.3 Å². The van der Waals surface area contributed by atoms with Crippen LogP contribution >= 0.6 is 0 Å².